The molecule has 0 bridgehead atoms. The molecule has 0 fully saturated rings. The predicted octanol–water partition coefficient (Wildman–Crippen LogP) is 3.41. The minimum Gasteiger partial charge on any atom is -0.508 e. The summed E-state index contributed by atoms with van der Waals surface area (Å²) >= 11 is 2.34. The summed E-state index contributed by atoms with van der Waals surface area (Å²) in [6.45, 7) is 4.69. The van der Waals surface area contributed by atoms with Crippen LogP contribution in [0.25, 0.3) is 0 Å². The Bertz CT molecular complexity index is 462. The SMILES string of the molecule is CCCC(COC(N)=O)C(C)I.O=C(O)c1ccc(O)cc1. The maximum Gasteiger partial charge on any atom is 0.404 e. The first kappa shape index (κ1) is 20.5. The third-order valence-corrected chi connectivity index (χ3v) is 3.88. The Labute approximate surface area is 143 Å². The molecule has 1 rings (SSSR count). The zero-order valence-corrected chi connectivity index (χ0v) is 14.8. The maximum absolute atomic E-state index is 10.3. The number of primary amides is 1. The monoisotopic (exact) mass is 423 g/mol. The van der Waals surface area contributed by atoms with Crippen LogP contribution in [0, 0.1) is 5.92 Å². The Morgan fingerprint density at radius 3 is 2.23 bits per heavy atom. The van der Waals surface area contributed by atoms with Crippen LogP contribution in [0.4, 0.5) is 4.79 Å². The van der Waals surface area contributed by atoms with Crippen molar-refractivity contribution >= 4 is 34.7 Å². The number of ether oxygens (including phenoxy) is 1. The molecule has 22 heavy (non-hydrogen) atoms. The van der Waals surface area contributed by atoms with E-state index in [2.05, 4.69) is 36.4 Å². The Kier molecular flexibility index (Phi) is 10.3. The summed E-state index contributed by atoms with van der Waals surface area (Å²) < 4.78 is 5.27. The second kappa shape index (κ2) is 11.1. The Morgan fingerprint density at radius 1 is 1.32 bits per heavy atom. The van der Waals surface area contributed by atoms with Gasteiger partial charge in [-0.25, -0.2) is 9.59 Å². The van der Waals surface area contributed by atoms with E-state index in [4.69, 9.17) is 20.7 Å². The number of carbonyl (C=O) groups is 2. The lowest BCUT2D eigenvalue weighted by atomic mass is 10.0. The lowest BCUT2D eigenvalue weighted by Gasteiger charge is -2.17. The average molecular weight is 423 g/mol. The first-order chi connectivity index (χ1) is 10.3. The highest BCUT2D eigenvalue weighted by atomic mass is 127. The number of benzene rings is 1. The highest BCUT2D eigenvalue weighted by Gasteiger charge is 2.14. The minimum atomic E-state index is -0.986. The molecule has 1 aromatic rings. The van der Waals surface area contributed by atoms with Crippen molar-refractivity contribution in [2.24, 2.45) is 11.7 Å². The van der Waals surface area contributed by atoms with Gasteiger partial charge in [0.1, 0.15) is 5.75 Å². The van der Waals surface area contributed by atoms with Gasteiger partial charge in [-0.3, -0.25) is 0 Å². The Hall–Kier alpha value is -1.51. The second-order valence-corrected chi connectivity index (χ2v) is 6.67. The molecule has 0 saturated heterocycles. The summed E-state index contributed by atoms with van der Waals surface area (Å²) in [5.41, 5.74) is 5.05. The van der Waals surface area contributed by atoms with E-state index in [0.29, 0.717) is 16.4 Å². The quantitative estimate of drug-likeness (QED) is 0.480. The van der Waals surface area contributed by atoms with Crippen molar-refractivity contribution in [3.05, 3.63) is 29.8 Å². The number of hydrogen-bond donors (Lipinski definition) is 3. The topological polar surface area (TPSA) is 110 Å². The van der Waals surface area contributed by atoms with Crippen LogP contribution in [-0.4, -0.2) is 32.8 Å². The van der Waals surface area contributed by atoms with E-state index < -0.39 is 12.1 Å². The van der Waals surface area contributed by atoms with Crippen molar-refractivity contribution in [3.8, 4) is 5.75 Å². The van der Waals surface area contributed by atoms with Crippen LogP contribution in [0.2, 0.25) is 0 Å². The number of carbonyl (C=O) groups excluding carboxylic acids is 1. The Balaban J connectivity index is 0.000000406. The van der Waals surface area contributed by atoms with Gasteiger partial charge in [0.2, 0.25) is 0 Å². The van der Waals surface area contributed by atoms with Crippen molar-refractivity contribution in [2.75, 3.05) is 6.61 Å². The number of phenols is 1. The summed E-state index contributed by atoms with van der Waals surface area (Å²) in [6.07, 6.45) is 1.52. The van der Waals surface area contributed by atoms with Crippen LogP contribution < -0.4 is 5.73 Å². The fraction of sp³-hybridized carbons (Fsp3) is 0.467. The lowest BCUT2D eigenvalue weighted by Crippen LogP contribution is -2.23. The van der Waals surface area contributed by atoms with Gasteiger partial charge >= 0.3 is 12.1 Å². The summed E-state index contributed by atoms with van der Waals surface area (Å²) in [6, 6.07) is 5.36. The van der Waals surface area contributed by atoms with Gasteiger partial charge in [-0.1, -0.05) is 42.9 Å². The standard InChI is InChI=1S/C8H16INO2.C7H6O3/c1-3-4-7(6(2)9)5-12-8(10)11;8-6-3-1-5(2-4-6)7(9)10/h6-7H,3-5H2,1-2H3,(H2,10,11);1-4,8H,(H,9,10). The first-order valence-electron chi connectivity index (χ1n) is 6.86. The van der Waals surface area contributed by atoms with Crippen molar-refractivity contribution in [2.45, 2.75) is 30.6 Å². The maximum atomic E-state index is 10.3. The number of carboxylic acids is 1. The number of aromatic carboxylic acids is 1. The van der Waals surface area contributed by atoms with Gasteiger partial charge in [-0.15, -0.1) is 0 Å². The number of phenolic OH excluding ortho intramolecular Hbond substituents is 1. The summed E-state index contributed by atoms with van der Waals surface area (Å²) in [5.74, 6) is -0.479. The summed E-state index contributed by atoms with van der Waals surface area (Å²) in [4.78, 5) is 20.6. The Morgan fingerprint density at radius 2 is 1.86 bits per heavy atom. The molecule has 0 saturated carbocycles. The molecule has 0 aliphatic rings. The van der Waals surface area contributed by atoms with Gasteiger partial charge in [0.05, 0.1) is 12.2 Å². The predicted molar refractivity (Wildman–Crippen MR) is 92.5 cm³/mol. The fourth-order valence-corrected chi connectivity index (χ4v) is 2.18. The molecule has 124 valence electrons. The molecule has 7 heteroatoms. The minimum absolute atomic E-state index is 0.0741. The van der Waals surface area contributed by atoms with Gasteiger partial charge in [-0.05, 0) is 30.7 Å². The number of aromatic hydroxyl groups is 1. The van der Waals surface area contributed by atoms with Crippen molar-refractivity contribution < 1.29 is 24.5 Å². The van der Waals surface area contributed by atoms with Crippen LogP contribution in [0.1, 0.15) is 37.0 Å². The number of nitrogens with two attached hydrogens (primary N) is 1. The second-order valence-electron chi connectivity index (χ2n) is 4.71. The van der Waals surface area contributed by atoms with Crippen LogP contribution in [-0.2, 0) is 4.74 Å². The van der Waals surface area contributed by atoms with E-state index in [0.717, 1.165) is 12.8 Å². The van der Waals surface area contributed by atoms with Crippen LogP contribution in [0.5, 0.6) is 5.75 Å². The highest BCUT2D eigenvalue weighted by Crippen LogP contribution is 2.18. The molecule has 0 heterocycles. The van der Waals surface area contributed by atoms with Gasteiger partial charge < -0.3 is 20.7 Å². The van der Waals surface area contributed by atoms with Gasteiger partial charge in [-0.2, -0.15) is 0 Å². The number of amides is 1. The molecule has 1 aromatic carbocycles. The van der Waals surface area contributed by atoms with E-state index >= 15 is 0 Å². The molecule has 0 aliphatic heterocycles. The molecule has 6 nitrogen and oxygen atoms in total. The molecule has 0 aliphatic carbocycles. The molecule has 0 radical (unpaired) electrons. The third-order valence-electron chi connectivity index (χ3n) is 2.86. The van der Waals surface area contributed by atoms with Gasteiger partial charge in [0, 0.05) is 9.84 Å². The third kappa shape index (κ3) is 9.43. The number of carboxylic acid groups (broad SMARTS) is 1. The summed E-state index contributed by atoms with van der Waals surface area (Å²) in [5, 5.41) is 17.1. The van der Waals surface area contributed by atoms with E-state index in [1.807, 2.05) is 0 Å². The molecule has 1 amide bonds. The number of halogens is 1. The fourth-order valence-electron chi connectivity index (χ4n) is 1.61. The van der Waals surface area contributed by atoms with Crippen molar-refractivity contribution in [3.63, 3.8) is 0 Å². The average Bonchev–Trinajstić information content (AvgIpc) is 2.44. The van der Waals surface area contributed by atoms with Crippen LogP contribution >= 0.6 is 22.6 Å². The molecule has 0 spiro atoms. The molecule has 0 aromatic heterocycles. The number of hydrogen-bond acceptors (Lipinski definition) is 4. The van der Waals surface area contributed by atoms with Gasteiger partial charge in [0.25, 0.3) is 0 Å². The van der Waals surface area contributed by atoms with Gasteiger partial charge in [0.15, 0.2) is 0 Å². The van der Waals surface area contributed by atoms with E-state index in [1.54, 1.807) is 0 Å². The number of alkyl halides is 1. The normalized spacial score (nSPS) is 12.5. The lowest BCUT2D eigenvalue weighted by molar-refractivity contribution is 0.0696. The zero-order valence-electron chi connectivity index (χ0n) is 12.7. The molecule has 2 unspecified atom stereocenters. The molecular formula is C15H22INO5. The van der Waals surface area contributed by atoms with E-state index in [9.17, 15) is 9.59 Å². The number of rotatable bonds is 6. The zero-order chi connectivity index (χ0) is 17.1. The van der Waals surface area contributed by atoms with E-state index in [-0.39, 0.29) is 11.3 Å². The molecule has 4 N–H and O–H groups in total. The van der Waals surface area contributed by atoms with Crippen molar-refractivity contribution in [1.82, 2.24) is 0 Å². The first-order valence-corrected chi connectivity index (χ1v) is 8.11. The highest BCUT2D eigenvalue weighted by molar-refractivity contribution is 14.1. The van der Waals surface area contributed by atoms with Crippen LogP contribution in [0.3, 0.4) is 0 Å². The van der Waals surface area contributed by atoms with Crippen LogP contribution in [0.15, 0.2) is 24.3 Å². The summed E-state index contributed by atoms with van der Waals surface area (Å²) in [7, 11) is 0. The smallest absolute Gasteiger partial charge is 0.404 e. The van der Waals surface area contributed by atoms with E-state index in [1.165, 1.54) is 24.3 Å². The molecular weight excluding hydrogens is 401 g/mol. The largest absolute Gasteiger partial charge is 0.508 e. The molecule has 2 atom stereocenters. The van der Waals surface area contributed by atoms with Crippen molar-refractivity contribution in [1.29, 1.82) is 0 Å².